The van der Waals surface area contributed by atoms with Gasteiger partial charge in [0, 0.05) is 23.1 Å². The summed E-state index contributed by atoms with van der Waals surface area (Å²) in [7, 11) is 0. The first kappa shape index (κ1) is 19.9. The maximum absolute atomic E-state index is 13.7. The third kappa shape index (κ3) is 5.54. The van der Waals surface area contributed by atoms with E-state index in [9.17, 15) is 14.0 Å². The van der Waals surface area contributed by atoms with E-state index in [1.54, 1.807) is 29.5 Å². The molecule has 3 N–H and O–H groups in total. The molecule has 0 spiro atoms. The van der Waals surface area contributed by atoms with Crippen molar-refractivity contribution in [3.8, 4) is 0 Å². The Hall–Kier alpha value is -1.90. The van der Waals surface area contributed by atoms with Gasteiger partial charge >= 0.3 is 0 Å². The molecule has 2 amide bonds. The van der Waals surface area contributed by atoms with Crippen LogP contribution in [-0.4, -0.2) is 23.4 Å². The van der Waals surface area contributed by atoms with E-state index in [1.807, 2.05) is 24.4 Å². The largest absolute Gasteiger partial charge is 0.351 e. The number of halogens is 1. The smallest absolute Gasteiger partial charge is 0.227 e. The number of benzene rings is 1. The monoisotopic (exact) mass is 407 g/mol. The molecule has 1 aromatic carbocycles. The van der Waals surface area contributed by atoms with Crippen molar-refractivity contribution in [2.24, 2.45) is 5.92 Å². The fourth-order valence-corrected chi connectivity index (χ4v) is 4.61. The highest BCUT2D eigenvalue weighted by molar-refractivity contribution is 7.99. The van der Waals surface area contributed by atoms with Crippen molar-refractivity contribution in [3.05, 3.63) is 58.0 Å². The first-order chi connectivity index (χ1) is 13.0. The van der Waals surface area contributed by atoms with Crippen molar-refractivity contribution in [1.29, 1.82) is 0 Å². The number of hydrogen-bond donors (Lipinski definition) is 3. The summed E-state index contributed by atoms with van der Waals surface area (Å²) >= 11 is 3.00. The van der Waals surface area contributed by atoms with Crippen molar-refractivity contribution in [2.75, 3.05) is 0 Å². The number of thioether (sulfide) groups is 1. The zero-order chi connectivity index (χ0) is 19.2. The first-order valence-electron chi connectivity index (χ1n) is 8.73. The molecular weight excluding hydrogens is 385 g/mol. The van der Waals surface area contributed by atoms with Crippen LogP contribution in [0.3, 0.4) is 0 Å². The zero-order valence-electron chi connectivity index (χ0n) is 14.9. The highest BCUT2D eigenvalue weighted by Gasteiger charge is 2.34. The molecule has 3 atom stereocenters. The Morgan fingerprint density at radius 2 is 2.11 bits per heavy atom. The second-order valence-electron chi connectivity index (χ2n) is 6.41. The minimum absolute atomic E-state index is 0.135. The quantitative estimate of drug-likeness (QED) is 0.660. The number of carbonyl (C=O) groups is 2. The molecule has 27 heavy (non-hydrogen) atoms. The van der Waals surface area contributed by atoms with E-state index >= 15 is 0 Å². The Morgan fingerprint density at radius 1 is 1.30 bits per heavy atom. The minimum Gasteiger partial charge on any atom is -0.351 e. The number of rotatable bonds is 7. The number of carbonyl (C=O) groups excluding carboxylic acids is 2. The van der Waals surface area contributed by atoms with Gasteiger partial charge in [-0.3, -0.25) is 14.9 Å². The highest BCUT2D eigenvalue weighted by atomic mass is 32.2. The molecular formula is C19H22FN3O2S2. The molecule has 1 aromatic heterocycles. The third-order valence-corrected chi connectivity index (χ3v) is 6.38. The molecule has 2 aromatic rings. The van der Waals surface area contributed by atoms with Crippen LogP contribution in [0.4, 0.5) is 4.39 Å². The summed E-state index contributed by atoms with van der Waals surface area (Å²) in [4.78, 5) is 25.7. The SMILES string of the molecule is CC1NC(SCc2ccccc2F)NC(=O)C1CC(=O)NCc1cccs1. The summed E-state index contributed by atoms with van der Waals surface area (Å²) in [5.74, 6) is -0.532. The predicted octanol–water partition coefficient (Wildman–Crippen LogP) is 2.83. The Balaban J connectivity index is 1.47. The van der Waals surface area contributed by atoms with Crippen LogP contribution in [-0.2, 0) is 21.9 Å². The van der Waals surface area contributed by atoms with E-state index < -0.39 is 5.92 Å². The average Bonchev–Trinajstić information content (AvgIpc) is 3.16. The number of amides is 2. The van der Waals surface area contributed by atoms with Gasteiger partial charge in [-0.25, -0.2) is 4.39 Å². The van der Waals surface area contributed by atoms with Crippen molar-refractivity contribution in [3.63, 3.8) is 0 Å². The Labute approximate surface area is 166 Å². The standard InChI is InChI=1S/C19H22FN3O2S2/c1-12-15(9-17(24)21-10-14-6-4-8-26-14)18(25)23-19(22-12)27-11-13-5-2-3-7-16(13)20/h2-8,12,15,19,22H,9-11H2,1H3,(H,21,24)(H,23,25). The van der Waals surface area contributed by atoms with Gasteiger partial charge in [0.2, 0.25) is 11.8 Å². The molecule has 1 saturated heterocycles. The fourth-order valence-electron chi connectivity index (χ4n) is 2.88. The van der Waals surface area contributed by atoms with Crippen molar-refractivity contribution in [1.82, 2.24) is 16.0 Å². The van der Waals surface area contributed by atoms with Crippen molar-refractivity contribution < 1.29 is 14.0 Å². The van der Waals surface area contributed by atoms with Crippen LogP contribution in [0.25, 0.3) is 0 Å². The molecule has 8 heteroatoms. The van der Waals surface area contributed by atoms with Gasteiger partial charge in [0.05, 0.1) is 12.5 Å². The van der Waals surface area contributed by atoms with Gasteiger partial charge in [0.25, 0.3) is 0 Å². The molecule has 0 bridgehead atoms. The Kier molecular flexibility index (Phi) is 6.87. The lowest BCUT2D eigenvalue weighted by atomic mass is 9.94. The highest BCUT2D eigenvalue weighted by Crippen LogP contribution is 2.23. The average molecular weight is 408 g/mol. The predicted molar refractivity (Wildman–Crippen MR) is 106 cm³/mol. The van der Waals surface area contributed by atoms with Crippen LogP contribution >= 0.6 is 23.1 Å². The van der Waals surface area contributed by atoms with E-state index in [0.29, 0.717) is 17.9 Å². The van der Waals surface area contributed by atoms with Crippen LogP contribution in [0.15, 0.2) is 41.8 Å². The summed E-state index contributed by atoms with van der Waals surface area (Å²) in [6.45, 7) is 2.38. The molecule has 144 valence electrons. The fraction of sp³-hybridized carbons (Fsp3) is 0.368. The lowest BCUT2D eigenvalue weighted by molar-refractivity contribution is -0.133. The van der Waals surface area contributed by atoms with Gasteiger partial charge in [-0.1, -0.05) is 24.3 Å². The van der Waals surface area contributed by atoms with Gasteiger partial charge in [-0.05, 0) is 30.0 Å². The second kappa shape index (κ2) is 9.34. The van der Waals surface area contributed by atoms with E-state index in [2.05, 4.69) is 16.0 Å². The lowest BCUT2D eigenvalue weighted by Crippen LogP contribution is -2.59. The molecule has 1 aliphatic heterocycles. The lowest BCUT2D eigenvalue weighted by Gasteiger charge is -2.35. The van der Waals surface area contributed by atoms with E-state index in [4.69, 9.17) is 0 Å². The molecule has 3 unspecified atom stereocenters. The number of nitrogens with one attached hydrogen (secondary N) is 3. The zero-order valence-corrected chi connectivity index (χ0v) is 16.5. The van der Waals surface area contributed by atoms with E-state index in [0.717, 1.165) is 4.88 Å². The maximum Gasteiger partial charge on any atom is 0.227 e. The minimum atomic E-state index is -0.432. The van der Waals surface area contributed by atoms with Crippen molar-refractivity contribution in [2.45, 2.75) is 37.2 Å². The number of thiophene rings is 1. The van der Waals surface area contributed by atoms with Crippen LogP contribution in [0.2, 0.25) is 0 Å². The normalized spacial score (nSPS) is 22.3. The molecule has 0 aliphatic carbocycles. The van der Waals surface area contributed by atoms with Crippen LogP contribution in [0.5, 0.6) is 0 Å². The van der Waals surface area contributed by atoms with Gasteiger partial charge in [0.15, 0.2) is 0 Å². The summed E-state index contributed by atoms with van der Waals surface area (Å²) in [6, 6.07) is 10.3. The summed E-state index contributed by atoms with van der Waals surface area (Å²) < 4.78 is 13.7. The Morgan fingerprint density at radius 3 is 2.81 bits per heavy atom. The first-order valence-corrected chi connectivity index (χ1v) is 10.7. The summed E-state index contributed by atoms with van der Waals surface area (Å²) in [5.41, 5.74) is 0.291. The summed E-state index contributed by atoms with van der Waals surface area (Å²) in [6.07, 6.45) is 0.135. The van der Waals surface area contributed by atoms with Gasteiger partial charge in [-0.15, -0.1) is 23.1 Å². The second-order valence-corrected chi connectivity index (χ2v) is 8.54. The Bertz CT molecular complexity index is 785. The molecule has 0 saturated carbocycles. The molecule has 1 fully saturated rings. The molecule has 1 aliphatic rings. The van der Waals surface area contributed by atoms with Gasteiger partial charge in [0.1, 0.15) is 11.3 Å². The van der Waals surface area contributed by atoms with E-state index in [1.165, 1.54) is 17.8 Å². The van der Waals surface area contributed by atoms with Gasteiger partial charge in [-0.2, -0.15) is 0 Å². The summed E-state index contributed by atoms with van der Waals surface area (Å²) in [5, 5.41) is 11.0. The van der Waals surface area contributed by atoms with E-state index in [-0.39, 0.29) is 35.6 Å². The molecule has 3 rings (SSSR count). The molecule has 0 radical (unpaired) electrons. The van der Waals surface area contributed by atoms with Crippen LogP contribution in [0.1, 0.15) is 23.8 Å². The van der Waals surface area contributed by atoms with Crippen molar-refractivity contribution >= 4 is 34.9 Å². The molecule has 2 heterocycles. The number of hydrogen-bond acceptors (Lipinski definition) is 5. The molecule has 5 nitrogen and oxygen atoms in total. The topological polar surface area (TPSA) is 70.2 Å². The van der Waals surface area contributed by atoms with Crippen LogP contribution in [0, 0.1) is 11.7 Å². The third-order valence-electron chi connectivity index (χ3n) is 4.44. The van der Waals surface area contributed by atoms with Crippen LogP contribution < -0.4 is 16.0 Å². The maximum atomic E-state index is 13.7. The van der Waals surface area contributed by atoms with Gasteiger partial charge < -0.3 is 10.6 Å².